The number of nitrogen functional groups attached to an aromatic ring is 1. The summed E-state index contributed by atoms with van der Waals surface area (Å²) in [5, 5.41) is 0. The smallest absolute Gasteiger partial charge is 0.400 e. The number of nitrogens with two attached hydrogens (primary N) is 2. The minimum Gasteiger partial charge on any atom is -0.400 e. The lowest BCUT2D eigenvalue weighted by molar-refractivity contribution is 0.00578. The van der Waals surface area contributed by atoms with Crippen molar-refractivity contribution in [2.75, 3.05) is 12.3 Å². The summed E-state index contributed by atoms with van der Waals surface area (Å²) in [6, 6.07) is 4.63. The molecule has 1 fully saturated rings. The Bertz CT molecular complexity index is 557. The zero-order valence-electron chi connectivity index (χ0n) is 12.9. The van der Waals surface area contributed by atoms with Crippen LogP contribution in [0.4, 0.5) is 10.1 Å². The van der Waals surface area contributed by atoms with Gasteiger partial charge in [0.1, 0.15) is 5.82 Å². The van der Waals surface area contributed by atoms with E-state index < -0.39 is 24.1 Å². The van der Waals surface area contributed by atoms with Crippen LogP contribution >= 0.6 is 0 Å². The molecule has 0 aliphatic carbocycles. The zero-order chi connectivity index (χ0) is 15.8. The number of anilines is 1. The molecule has 4 nitrogen and oxygen atoms in total. The van der Waals surface area contributed by atoms with Crippen molar-refractivity contribution >= 4 is 18.9 Å². The molecule has 21 heavy (non-hydrogen) atoms. The van der Waals surface area contributed by atoms with Gasteiger partial charge in [-0.15, -0.1) is 0 Å². The molecule has 1 aromatic rings. The molecular formula is C15H22BFN2O2. The number of hydrogen-bond donors (Lipinski definition) is 2. The van der Waals surface area contributed by atoms with Gasteiger partial charge in [-0.1, -0.05) is 12.1 Å². The van der Waals surface area contributed by atoms with Gasteiger partial charge in [0.15, 0.2) is 0 Å². The number of hydrogen-bond acceptors (Lipinski definition) is 4. The molecule has 0 amide bonds. The van der Waals surface area contributed by atoms with E-state index in [0.717, 1.165) is 5.47 Å². The summed E-state index contributed by atoms with van der Waals surface area (Å²) in [5.74, 6) is -0.450. The van der Waals surface area contributed by atoms with Crippen molar-refractivity contribution in [2.24, 2.45) is 5.73 Å². The first-order valence-corrected chi connectivity index (χ1v) is 6.97. The van der Waals surface area contributed by atoms with Crippen LogP contribution in [0.1, 0.15) is 33.3 Å². The largest absolute Gasteiger partial charge is 0.491 e. The molecule has 1 aromatic carbocycles. The van der Waals surface area contributed by atoms with Crippen molar-refractivity contribution in [1.82, 2.24) is 0 Å². The molecule has 0 unspecified atom stereocenters. The van der Waals surface area contributed by atoms with Crippen LogP contribution < -0.4 is 11.5 Å². The zero-order valence-corrected chi connectivity index (χ0v) is 12.9. The van der Waals surface area contributed by atoms with Crippen LogP contribution in [0.2, 0.25) is 0 Å². The van der Waals surface area contributed by atoms with Gasteiger partial charge in [0.25, 0.3) is 0 Å². The van der Waals surface area contributed by atoms with E-state index in [1.54, 1.807) is 12.1 Å². The highest BCUT2D eigenvalue weighted by Gasteiger charge is 2.52. The summed E-state index contributed by atoms with van der Waals surface area (Å²) in [5.41, 5.74) is 12.0. The maximum absolute atomic E-state index is 13.5. The minimum atomic E-state index is -0.527. The maximum atomic E-state index is 13.5. The molecule has 114 valence electrons. The highest BCUT2D eigenvalue weighted by Crippen LogP contribution is 2.38. The highest BCUT2D eigenvalue weighted by atomic mass is 19.1. The predicted molar refractivity (Wildman–Crippen MR) is 83.9 cm³/mol. The van der Waals surface area contributed by atoms with Crippen molar-refractivity contribution in [3.8, 4) is 0 Å². The van der Waals surface area contributed by atoms with Gasteiger partial charge in [-0.25, -0.2) is 4.39 Å². The lowest BCUT2D eigenvalue weighted by Gasteiger charge is -2.32. The lowest BCUT2D eigenvalue weighted by Crippen LogP contribution is -2.41. The first-order chi connectivity index (χ1) is 9.66. The second-order valence-electron chi connectivity index (χ2n) is 6.29. The van der Waals surface area contributed by atoms with Crippen molar-refractivity contribution in [3.63, 3.8) is 0 Å². The fourth-order valence-electron chi connectivity index (χ4n) is 2.06. The number of halogens is 1. The van der Waals surface area contributed by atoms with Crippen LogP contribution in [0.5, 0.6) is 0 Å². The normalized spacial score (nSPS) is 20.9. The monoisotopic (exact) mass is 292 g/mol. The second-order valence-corrected chi connectivity index (χ2v) is 6.29. The quantitative estimate of drug-likeness (QED) is 0.663. The SMILES string of the molecule is CC1(C)OB(C(=Cc2ccc(N)c(F)c2)CN)OC1(C)C. The third kappa shape index (κ3) is 3.12. The van der Waals surface area contributed by atoms with Crippen molar-refractivity contribution < 1.29 is 13.7 Å². The van der Waals surface area contributed by atoms with Gasteiger partial charge >= 0.3 is 7.12 Å². The predicted octanol–water partition coefficient (Wildman–Crippen LogP) is 2.38. The summed E-state index contributed by atoms with van der Waals surface area (Å²) in [4.78, 5) is 0. The summed E-state index contributed by atoms with van der Waals surface area (Å²) in [6.07, 6.45) is 1.78. The molecule has 0 spiro atoms. The van der Waals surface area contributed by atoms with Crippen molar-refractivity contribution in [3.05, 3.63) is 35.1 Å². The summed E-state index contributed by atoms with van der Waals surface area (Å²) >= 11 is 0. The van der Waals surface area contributed by atoms with Gasteiger partial charge in [0.2, 0.25) is 0 Å². The van der Waals surface area contributed by atoms with Gasteiger partial charge in [-0.05, 0) is 50.9 Å². The standard InChI is InChI=1S/C15H22BFN2O2/c1-14(2)15(3,4)21-16(20-14)11(9-18)7-10-5-6-13(19)12(17)8-10/h5-8H,9,18-19H2,1-4H3. The Labute approximate surface area is 125 Å². The molecule has 0 saturated carbocycles. The van der Waals surface area contributed by atoms with Crippen LogP contribution in [0.25, 0.3) is 6.08 Å². The van der Waals surface area contributed by atoms with Gasteiger partial charge in [-0.3, -0.25) is 0 Å². The molecule has 0 aromatic heterocycles. The first kappa shape index (κ1) is 16.0. The van der Waals surface area contributed by atoms with Crippen LogP contribution in [0, 0.1) is 5.82 Å². The van der Waals surface area contributed by atoms with E-state index in [-0.39, 0.29) is 12.2 Å². The third-order valence-electron chi connectivity index (χ3n) is 4.17. The van der Waals surface area contributed by atoms with Crippen LogP contribution in [-0.2, 0) is 9.31 Å². The van der Waals surface area contributed by atoms with Crippen molar-refractivity contribution in [2.45, 2.75) is 38.9 Å². The molecule has 2 rings (SSSR count). The molecule has 0 atom stereocenters. The fourth-order valence-corrected chi connectivity index (χ4v) is 2.06. The van der Waals surface area contributed by atoms with E-state index >= 15 is 0 Å². The summed E-state index contributed by atoms with van der Waals surface area (Å²) in [7, 11) is -0.527. The summed E-state index contributed by atoms with van der Waals surface area (Å²) < 4.78 is 25.4. The Morgan fingerprint density at radius 1 is 1.24 bits per heavy atom. The van der Waals surface area contributed by atoms with Crippen LogP contribution in [0.15, 0.2) is 23.7 Å². The molecule has 1 aliphatic rings. The van der Waals surface area contributed by atoms with Gasteiger partial charge in [-0.2, -0.15) is 0 Å². The molecule has 4 N–H and O–H groups in total. The van der Waals surface area contributed by atoms with Gasteiger partial charge in [0.05, 0.1) is 16.9 Å². The Morgan fingerprint density at radius 2 is 1.81 bits per heavy atom. The molecule has 6 heteroatoms. The minimum absolute atomic E-state index is 0.122. The molecular weight excluding hydrogens is 270 g/mol. The van der Waals surface area contributed by atoms with E-state index in [1.165, 1.54) is 12.1 Å². The fraction of sp³-hybridized carbons (Fsp3) is 0.467. The van der Waals surface area contributed by atoms with E-state index in [4.69, 9.17) is 20.8 Å². The van der Waals surface area contributed by atoms with Crippen molar-refractivity contribution in [1.29, 1.82) is 0 Å². The van der Waals surface area contributed by atoms with Crippen LogP contribution in [0.3, 0.4) is 0 Å². The maximum Gasteiger partial charge on any atom is 0.491 e. The second kappa shape index (κ2) is 5.44. The van der Waals surface area contributed by atoms with E-state index in [1.807, 2.05) is 27.7 Å². The van der Waals surface area contributed by atoms with E-state index in [2.05, 4.69) is 0 Å². The number of benzene rings is 1. The molecule has 0 bridgehead atoms. The number of rotatable bonds is 3. The Morgan fingerprint density at radius 3 is 2.29 bits per heavy atom. The Hall–Kier alpha value is -1.37. The molecule has 1 aliphatic heterocycles. The topological polar surface area (TPSA) is 70.5 Å². The van der Waals surface area contributed by atoms with Gasteiger partial charge in [0, 0.05) is 6.54 Å². The first-order valence-electron chi connectivity index (χ1n) is 6.97. The van der Waals surface area contributed by atoms with Gasteiger partial charge < -0.3 is 20.8 Å². The lowest BCUT2D eigenvalue weighted by atomic mass is 9.77. The van der Waals surface area contributed by atoms with E-state index in [0.29, 0.717) is 5.56 Å². The van der Waals surface area contributed by atoms with E-state index in [9.17, 15) is 4.39 Å². The Kier molecular flexibility index (Phi) is 4.15. The van der Waals surface area contributed by atoms with Crippen LogP contribution in [-0.4, -0.2) is 24.9 Å². The third-order valence-corrected chi connectivity index (χ3v) is 4.17. The molecule has 1 saturated heterocycles. The molecule has 0 radical (unpaired) electrons. The summed E-state index contributed by atoms with van der Waals surface area (Å²) in [6.45, 7) is 8.17. The average Bonchev–Trinajstić information content (AvgIpc) is 2.59. The molecule has 1 heterocycles. The average molecular weight is 292 g/mol. The highest BCUT2D eigenvalue weighted by molar-refractivity contribution is 6.55. The Balaban J connectivity index is 2.28.